The quantitative estimate of drug-likeness (QED) is 0.731. The van der Waals surface area contributed by atoms with E-state index in [0.29, 0.717) is 17.0 Å². The third kappa shape index (κ3) is 4.94. The van der Waals surface area contributed by atoms with Crippen LogP contribution in [0.25, 0.3) is 0 Å². The van der Waals surface area contributed by atoms with Crippen molar-refractivity contribution in [2.24, 2.45) is 0 Å². The minimum Gasteiger partial charge on any atom is -0.370 e. The van der Waals surface area contributed by atoms with E-state index in [1.165, 1.54) is 23.8 Å². The van der Waals surface area contributed by atoms with E-state index in [1.807, 2.05) is 0 Å². The summed E-state index contributed by atoms with van der Waals surface area (Å²) in [4.78, 5) is 26.9. The lowest BCUT2D eigenvalue weighted by molar-refractivity contribution is -0.0764. The molecule has 1 amide bonds. The number of ketones is 1. The summed E-state index contributed by atoms with van der Waals surface area (Å²) < 4.78 is 6.43. The van der Waals surface area contributed by atoms with Crippen LogP contribution in [0.5, 0.6) is 0 Å². The molecule has 2 aromatic rings. The van der Waals surface area contributed by atoms with Crippen LogP contribution in [-0.2, 0) is 11.3 Å². The highest BCUT2D eigenvalue weighted by Gasteiger charge is 2.42. The first-order valence-electron chi connectivity index (χ1n) is 10.3. The van der Waals surface area contributed by atoms with Crippen molar-refractivity contribution in [2.45, 2.75) is 50.9 Å². The van der Waals surface area contributed by atoms with Gasteiger partial charge in [0.15, 0.2) is 5.78 Å². The number of rotatable bonds is 6. The van der Waals surface area contributed by atoms with Crippen LogP contribution in [0.2, 0.25) is 0 Å². The summed E-state index contributed by atoms with van der Waals surface area (Å²) in [6.45, 7) is 5.15. The van der Waals surface area contributed by atoms with Gasteiger partial charge in [-0.3, -0.25) is 14.5 Å². The molecule has 0 radical (unpaired) electrons. The summed E-state index contributed by atoms with van der Waals surface area (Å²) in [6.07, 6.45) is 4.24. The Morgan fingerprint density at radius 3 is 2.66 bits per heavy atom. The van der Waals surface area contributed by atoms with Gasteiger partial charge in [-0.05, 0) is 44.2 Å². The second-order valence-corrected chi connectivity index (χ2v) is 9.10. The Morgan fingerprint density at radius 1 is 1.21 bits per heavy atom. The van der Waals surface area contributed by atoms with E-state index in [4.69, 9.17) is 4.74 Å². The van der Waals surface area contributed by atoms with E-state index in [0.717, 1.165) is 45.3 Å². The fourth-order valence-electron chi connectivity index (χ4n) is 4.32. The van der Waals surface area contributed by atoms with Crippen LogP contribution in [-0.4, -0.2) is 47.9 Å². The monoisotopic (exact) mass is 412 g/mol. The highest BCUT2D eigenvalue weighted by Crippen LogP contribution is 2.39. The standard InChI is InChI=1S/C23H28N2O3S/c1-17(26)21-13-19(16-29-21)22(27)24-14-20-7-8-23(28-20)9-11-25(12-10-23)15-18-5-3-2-4-6-18/h2-6,13,16,20H,7-12,14-15H2,1H3,(H,24,27). The largest absolute Gasteiger partial charge is 0.370 e. The normalized spacial score (nSPS) is 21.3. The van der Waals surface area contributed by atoms with Crippen molar-refractivity contribution in [2.75, 3.05) is 19.6 Å². The molecule has 2 fully saturated rings. The number of carbonyl (C=O) groups is 2. The van der Waals surface area contributed by atoms with Crippen molar-refractivity contribution < 1.29 is 14.3 Å². The number of nitrogens with one attached hydrogen (secondary N) is 1. The van der Waals surface area contributed by atoms with Crippen LogP contribution < -0.4 is 5.32 Å². The lowest BCUT2D eigenvalue weighted by Crippen LogP contribution is -2.44. The predicted molar refractivity (Wildman–Crippen MR) is 114 cm³/mol. The summed E-state index contributed by atoms with van der Waals surface area (Å²) in [5.41, 5.74) is 1.90. The van der Waals surface area contributed by atoms with Crippen LogP contribution in [0.4, 0.5) is 0 Å². The van der Waals surface area contributed by atoms with Crippen molar-refractivity contribution in [3.63, 3.8) is 0 Å². The molecule has 1 spiro atoms. The summed E-state index contributed by atoms with van der Waals surface area (Å²) >= 11 is 1.32. The lowest BCUT2D eigenvalue weighted by Gasteiger charge is -2.39. The Hall–Kier alpha value is -2.02. The Bertz CT molecular complexity index is 856. The van der Waals surface area contributed by atoms with Gasteiger partial charge in [-0.1, -0.05) is 30.3 Å². The molecule has 1 atom stereocenters. The van der Waals surface area contributed by atoms with Crippen molar-refractivity contribution in [1.82, 2.24) is 10.2 Å². The number of benzene rings is 1. The fourth-order valence-corrected chi connectivity index (χ4v) is 5.11. The van der Waals surface area contributed by atoms with E-state index in [2.05, 4.69) is 40.5 Å². The molecule has 2 aliphatic heterocycles. The number of piperidine rings is 1. The van der Waals surface area contributed by atoms with Crippen molar-refractivity contribution in [3.05, 3.63) is 57.8 Å². The van der Waals surface area contributed by atoms with Gasteiger partial charge >= 0.3 is 0 Å². The van der Waals surface area contributed by atoms with E-state index < -0.39 is 0 Å². The maximum Gasteiger partial charge on any atom is 0.252 e. The summed E-state index contributed by atoms with van der Waals surface area (Å²) in [7, 11) is 0. The molecule has 0 aliphatic carbocycles. The van der Waals surface area contributed by atoms with Crippen LogP contribution in [0, 0.1) is 0 Å². The molecule has 0 saturated carbocycles. The molecule has 1 aromatic heterocycles. The summed E-state index contributed by atoms with van der Waals surface area (Å²) in [5.74, 6) is -0.135. The molecule has 1 unspecified atom stereocenters. The SMILES string of the molecule is CC(=O)c1cc(C(=O)NCC2CCC3(CCN(Cc4ccccc4)CC3)O2)cs1. The van der Waals surface area contributed by atoms with E-state index in [1.54, 1.807) is 11.4 Å². The third-order valence-electron chi connectivity index (χ3n) is 6.05. The lowest BCUT2D eigenvalue weighted by atomic mass is 9.88. The zero-order valence-corrected chi connectivity index (χ0v) is 17.7. The fraction of sp³-hybridized carbons (Fsp3) is 0.478. The minimum absolute atomic E-state index is 0.00581. The van der Waals surface area contributed by atoms with Crippen LogP contribution in [0.1, 0.15) is 58.2 Å². The van der Waals surface area contributed by atoms with Crippen molar-refractivity contribution in [3.8, 4) is 0 Å². The Kier molecular flexibility index (Phi) is 6.13. The molecule has 0 bridgehead atoms. The Morgan fingerprint density at radius 2 is 1.97 bits per heavy atom. The maximum atomic E-state index is 12.3. The molecule has 1 N–H and O–H groups in total. The van der Waals surface area contributed by atoms with Gasteiger partial charge in [0.2, 0.25) is 0 Å². The molecule has 2 aliphatic rings. The molecule has 5 nitrogen and oxygen atoms in total. The van der Waals surface area contributed by atoms with Gasteiger partial charge in [0.05, 0.1) is 22.1 Å². The number of hydrogen-bond donors (Lipinski definition) is 1. The first-order chi connectivity index (χ1) is 14.0. The zero-order chi connectivity index (χ0) is 20.3. The highest BCUT2D eigenvalue weighted by atomic mass is 32.1. The Labute approximate surface area is 176 Å². The molecule has 29 heavy (non-hydrogen) atoms. The van der Waals surface area contributed by atoms with E-state index in [9.17, 15) is 9.59 Å². The number of ether oxygens (including phenoxy) is 1. The number of carbonyl (C=O) groups excluding carboxylic acids is 2. The molecule has 3 heterocycles. The van der Waals surface area contributed by atoms with E-state index in [-0.39, 0.29) is 23.4 Å². The molecule has 4 rings (SSSR count). The van der Waals surface area contributed by atoms with Crippen LogP contribution in [0.15, 0.2) is 41.8 Å². The third-order valence-corrected chi connectivity index (χ3v) is 7.08. The summed E-state index contributed by atoms with van der Waals surface area (Å²) in [6, 6.07) is 12.3. The molecule has 2 saturated heterocycles. The Balaban J connectivity index is 1.23. The second kappa shape index (κ2) is 8.78. The first-order valence-corrected chi connectivity index (χ1v) is 11.2. The molecule has 6 heteroatoms. The second-order valence-electron chi connectivity index (χ2n) is 8.19. The van der Waals surface area contributed by atoms with Gasteiger partial charge in [0, 0.05) is 31.6 Å². The van der Waals surface area contributed by atoms with Crippen molar-refractivity contribution >= 4 is 23.0 Å². The summed E-state index contributed by atoms with van der Waals surface area (Å²) in [5, 5.41) is 4.72. The molecule has 154 valence electrons. The van der Waals surface area contributed by atoms with Gasteiger partial charge in [-0.2, -0.15) is 0 Å². The average Bonchev–Trinajstić information content (AvgIpc) is 3.37. The van der Waals surface area contributed by atoms with Crippen LogP contribution >= 0.6 is 11.3 Å². The van der Waals surface area contributed by atoms with Gasteiger partial charge in [-0.25, -0.2) is 0 Å². The number of amides is 1. The minimum atomic E-state index is -0.129. The molecular weight excluding hydrogens is 384 g/mol. The first kappa shape index (κ1) is 20.3. The van der Waals surface area contributed by atoms with Gasteiger partial charge in [0.25, 0.3) is 5.91 Å². The van der Waals surface area contributed by atoms with Gasteiger partial charge in [-0.15, -0.1) is 11.3 Å². The predicted octanol–water partition coefficient (Wildman–Crippen LogP) is 3.89. The smallest absolute Gasteiger partial charge is 0.252 e. The van der Waals surface area contributed by atoms with Crippen LogP contribution in [0.3, 0.4) is 0 Å². The molecular formula is C23H28N2O3S. The number of Topliss-reactive ketones (excluding diaryl/α,β-unsaturated/α-hetero) is 1. The number of likely N-dealkylation sites (tertiary alicyclic amines) is 1. The molecule has 1 aromatic carbocycles. The van der Waals surface area contributed by atoms with E-state index >= 15 is 0 Å². The number of nitrogens with zero attached hydrogens (tertiary/aromatic N) is 1. The average molecular weight is 413 g/mol. The maximum absolute atomic E-state index is 12.3. The van der Waals surface area contributed by atoms with Crippen molar-refractivity contribution in [1.29, 1.82) is 0 Å². The number of hydrogen-bond acceptors (Lipinski definition) is 5. The topological polar surface area (TPSA) is 58.6 Å². The zero-order valence-electron chi connectivity index (χ0n) is 16.9. The highest BCUT2D eigenvalue weighted by molar-refractivity contribution is 7.12. The number of thiophene rings is 1. The van der Waals surface area contributed by atoms with Gasteiger partial charge in [0.1, 0.15) is 0 Å². The van der Waals surface area contributed by atoms with Gasteiger partial charge < -0.3 is 10.1 Å².